The van der Waals surface area contributed by atoms with Crippen molar-refractivity contribution in [1.82, 2.24) is 14.5 Å². The van der Waals surface area contributed by atoms with Gasteiger partial charge in [0.25, 0.3) is 0 Å². The summed E-state index contributed by atoms with van der Waals surface area (Å²) < 4.78 is 24.9. The van der Waals surface area contributed by atoms with Gasteiger partial charge in [-0.05, 0) is 41.5 Å². The molecule has 116 valence electrons. The Labute approximate surface area is 134 Å². The number of aromatic nitrogens is 2. The number of H-pyrrole nitrogens is 1. The number of nitrogens with zero attached hydrogens (tertiary/aromatic N) is 2. The third-order valence-electron chi connectivity index (χ3n) is 4.69. The molecule has 0 amide bonds. The average Bonchev–Trinajstić information content (AvgIpc) is 3.09. The van der Waals surface area contributed by atoms with Crippen LogP contribution < -0.4 is 0 Å². The highest BCUT2D eigenvalue weighted by Gasteiger charge is 2.39. The lowest BCUT2D eigenvalue weighted by Gasteiger charge is -2.14. The maximum atomic E-state index is 11.7. The first-order chi connectivity index (χ1) is 10.4. The van der Waals surface area contributed by atoms with E-state index in [1.54, 1.807) is 4.31 Å². The van der Waals surface area contributed by atoms with E-state index in [1.807, 2.05) is 18.3 Å². The Balaban J connectivity index is 1.70. The topological polar surface area (TPSA) is 66.1 Å². The Kier molecular flexibility index (Phi) is 3.11. The number of sulfonamides is 1. The molecule has 0 saturated carbocycles. The minimum atomic E-state index is -3.09. The number of hydrogen-bond acceptors (Lipinski definition) is 3. The summed E-state index contributed by atoms with van der Waals surface area (Å²) in [6.45, 7) is 1.20. The predicted molar refractivity (Wildman–Crippen MR) is 87.1 cm³/mol. The molecule has 22 heavy (non-hydrogen) atoms. The van der Waals surface area contributed by atoms with Crippen LogP contribution in [-0.2, 0) is 10.0 Å². The van der Waals surface area contributed by atoms with E-state index in [4.69, 9.17) is 11.6 Å². The van der Waals surface area contributed by atoms with Crippen LogP contribution in [0.4, 0.5) is 0 Å². The van der Waals surface area contributed by atoms with Crippen molar-refractivity contribution >= 4 is 38.1 Å². The van der Waals surface area contributed by atoms with Crippen LogP contribution in [0.1, 0.15) is 12.0 Å². The van der Waals surface area contributed by atoms with Crippen molar-refractivity contribution in [2.45, 2.75) is 6.42 Å². The maximum Gasteiger partial charge on any atom is 0.211 e. The summed E-state index contributed by atoms with van der Waals surface area (Å²) in [7, 11) is -3.09. The van der Waals surface area contributed by atoms with E-state index in [-0.39, 0.29) is 0 Å². The molecule has 5 nitrogen and oxygen atoms in total. The van der Waals surface area contributed by atoms with Crippen LogP contribution in [0.2, 0.25) is 5.02 Å². The summed E-state index contributed by atoms with van der Waals surface area (Å²) >= 11 is 6.20. The van der Waals surface area contributed by atoms with E-state index in [9.17, 15) is 8.42 Å². The highest BCUT2D eigenvalue weighted by molar-refractivity contribution is 7.88. The van der Waals surface area contributed by atoms with E-state index in [2.05, 4.69) is 16.3 Å². The molecule has 1 aliphatic carbocycles. The summed E-state index contributed by atoms with van der Waals surface area (Å²) in [5, 5.41) is 8.79. The van der Waals surface area contributed by atoms with Gasteiger partial charge in [-0.2, -0.15) is 5.10 Å². The van der Waals surface area contributed by atoms with Crippen molar-refractivity contribution in [1.29, 1.82) is 0 Å². The van der Waals surface area contributed by atoms with E-state index in [0.717, 1.165) is 22.9 Å². The average molecular weight is 338 g/mol. The smallest absolute Gasteiger partial charge is 0.211 e. The van der Waals surface area contributed by atoms with Crippen LogP contribution in [-0.4, -0.2) is 42.3 Å². The van der Waals surface area contributed by atoms with Crippen molar-refractivity contribution < 1.29 is 8.42 Å². The van der Waals surface area contributed by atoms with Gasteiger partial charge >= 0.3 is 0 Å². The van der Waals surface area contributed by atoms with E-state index < -0.39 is 10.0 Å². The molecule has 1 saturated heterocycles. The fourth-order valence-electron chi connectivity index (χ4n) is 3.62. The number of benzene rings is 1. The lowest BCUT2D eigenvalue weighted by molar-refractivity contribution is 0.464. The first kappa shape index (κ1) is 14.2. The van der Waals surface area contributed by atoms with Crippen LogP contribution in [0.25, 0.3) is 16.5 Å². The molecule has 2 atom stereocenters. The molecular formula is C15H16ClN3O2S. The van der Waals surface area contributed by atoms with Crippen molar-refractivity contribution in [3.05, 3.63) is 35.0 Å². The zero-order valence-electron chi connectivity index (χ0n) is 12.1. The molecular weight excluding hydrogens is 322 g/mol. The first-order valence-electron chi connectivity index (χ1n) is 7.20. The van der Waals surface area contributed by atoms with Crippen molar-refractivity contribution in [2.75, 3.05) is 19.3 Å². The molecule has 2 aromatic rings. The lowest BCUT2D eigenvalue weighted by atomic mass is 9.97. The highest BCUT2D eigenvalue weighted by atomic mass is 35.5. The zero-order chi connectivity index (χ0) is 15.5. The van der Waals surface area contributed by atoms with Gasteiger partial charge < -0.3 is 0 Å². The van der Waals surface area contributed by atoms with Crippen LogP contribution in [0.5, 0.6) is 0 Å². The SMILES string of the molecule is CS(=O)(=O)N1C[C@@H]2CC(c3cc(Cl)cc4[nH]ncc34)=C[C@@H]2C1. The van der Waals surface area contributed by atoms with Gasteiger partial charge in [0.1, 0.15) is 0 Å². The summed E-state index contributed by atoms with van der Waals surface area (Å²) in [5.74, 6) is 0.663. The Morgan fingerprint density at radius 1 is 1.36 bits per heavy atom. The molecule has 0 radical (unpaired) electrons. The number of nitrogens with one attached hydrogen (secondary N) is 1. The fraction of sp³-hybridized carbons (Fsp3) is 0.400. The first-order valence-corrected chi connectivity index (χ1v) is 9.43. The molecule has 1 fully saturated rings. The normalized spacial score (nSPS) is 25.6. The van der Waals surface area contributed by atoms with Crippen LogP contribution >= 0.6 is 11.6 Å². The molecule has 0 bridgehead atoms. The summed E-state index contributed by atoms with van der Waals surface area (Å²) in [6, 6.07) is 3.84. The second-order valence-electron chi connectivity index (χ2n) is 6.18. The monoisotopic (exact) mass is 337 g/mol. The molecule has 2 aliphatic rings. The molecule has 1 aromatic heterocycles. The van der Waals surface area contributed by atoms with E-state index in [1.165, 1.54) is 11.8 Å². The number of aromatic amines is 1. The van der Waals surface area contributed by atoms with Crippen molar-refractivity contribution in [2.24, 2.45) is 11.8 Å². The van der Waals surface area contributed by atoms with Crippen LogP contribution in [0.15, 0.2) is 24.4 Å². The minimum absolute atomic E-state index is 0.297. The molecule has 1 aromatic carbocycles. The Morgan fingerprint density at radius 2 is 2.18 bits per heavy atom. The van der Waals surface area contributed by atoms with Crippen molar-refractivity contribution in [3.63, 3.8) is 0 Å². The molecule has 1 N–H and O–H groups in total. The fourth-order valence-corrected chi connectivity index (χ4v) is 4.74. The second-order valence-corrected chi connectivity index (χ2v) is 8.60. The second kappa shape index (κ2) is 4.81. The molecule has 7 heteroatoms. The lowest BCUT2D eigenvalue weighted by Crippen LogP contribution is -2.28. The van der Waals surface area contributed by atoms with Gasteiger partial charge in [0.2, 0.25) is 10.0 Å². The molecule has 1 aliphatic heterocycles. The number of fused-ring (bicyclic) bond motifs is 2. The minimum Gasteiger partial charge on any atom is -0.278 e. The van der Waals surface area contributed by atoms with Crippen molar-refractivity contribution in [3.8, 4) is 0 Å². The number of hydrogen-bond donors (Lipinski definition) is 1. The Hall–Kier alpha value is -1.37. The third kappa shape index (κ3) is 2.26. The van der Waals surface area contributed by atoms with Gasteiger partial charge in [0.05, 0.1) is 18.0 Å². The molecule has 0 spiro atoms. The van der Waals surface area contributed by atoms with Crippen LogP contribution in [0, 0.1) is 11.8 Å². The predicted octanol–water partition coefficient (Wildman–Crippen LogP) is 2.51. The standard InChI is InChI=1S/C15H16ClN3O2S/c1-22(20,21)19-7-10-2-9(3-11(10)8-19)13-4-12(16)5-15-14(13)6-17-18-15/h2,4-6,10-11H,3,7-8H2,1H3,(H,17,18)/t10-,11+/m1/s1. The van der Waals surface area contributed by atoms with Gasteiger partial charge in [-0.3, -0.25) is 5.10 Å². The van der Waals surface area contributed by atoms with Gasteiger partial charge in [-0.1, -0.05) is 17.7 Å². The largest absolute Gasteiger partial charge is 0.278 e. The van der Waals surface area contributed by atoms with E-state index in [0.29, 0.717) is 29.9 Å². The Bertz CT molecular complexity index is 887. The van der Waals surface area contributed by atoms with Gasteiger partial charge in [0, 0.05) is 23.5 Å². The zero-order valence-corrected chi connectivity index (χ0v) is 13.7. The van der Waals surface area contributed by atoms with E-state index >= 15 is 0 Å². The summed E-state index contributed by atoms with van der Waals surface area (Å²) in [6.07, 6.45) is 6.20. The summed E-state index contributed by atoms with van der Waals surface area (Å²) in [5.41, 5.74) is 3.28. The number of allylic oxidation sites excluding steroid dienone is 1. The van der Waals surface area contributed by atoms with Gasteiger partial charge in [0.15, 0.2) is 0 Å². The quantitative estimate of drug-likeness (QED) is 0.915. The summed E-state index contributed by atoms with van der Waals surface area (Å²) in [4.78, 5) is 0. The maximum absolute atomic E-state index is 11.7. The van der Waals surface area contributed by atoms with Gasteiger partial charge in [-0.25, -0.2) is 12.7 Å². The number of rotatable bonds is 2. The van der Waals surface area contributed by atoms with Crippen LogP contribution in [0.3, 0.4) is 0 Å². The van der Waals surface area contributed by atoms with Gasteiger partial charge in [-0.15, -0.1) is 0 Å². The number of halogens is 1. The molecule has 0 unspecified atom stereocenters. The molecule has 4 rings (SSSR count). The molecule has 2 heterocycles. The highest BCUT2D eigenvalue weighted by Crippen LogP contribution is 2.43. The Morgan fingerprint density at radius 3 is 2.91 bits per heavy atom. The third-order valence-corrected chi connectivity index (χ3v) is 6.15.